The molecule has 0 spiro atoms. The Hall–Kier alpha value is -0.0800. The Morgan fingerprint density at radius 2 is 1.85 bits per heavy atom. The van der Waals surface area contributed by atoms with E-state index in [0.29, 0.717) is 0 Å². The number of hydrogen-bond acceptors (Lipinski definition) is 2. The van der Waals surface area contributed by atoms with Gasteiger partial charge in [0.15, 0.2) is 0 Å². The average molecular weight is 186 g/mol. The molecule has 0 fully saturated rings. The maximum Gasteiger partial charge on any atom is 0.0300 e. The molecule has 1 atom stereocenters. The SMILES string of the molecule is CCCCN(C)C(C)(CN)CCC. The molecule has 2 nitrogen and oxygen atoms in total. The van der Waals surface area contributed by atoms with Crippen LogP contribution in [0.3, 0.4) is 0 Å². The van der Waals surface area contributed by atoms with Crippen LogP contribution in [0.5, 0.6) is 0 Å². The average Bonchev–Trinajstić information content (AvgIpc) is 2.14. The lowest BCUT2D eigenvalue weighted by atomic mass is 9.94. The monoisotopic (exact) mass is 186 g/mol. The second-order valence-corrected chi connectivity index (χ2v) is 4.23. The van der Waals surface area contributed by atoms with Gasteiger partial charge >= 0.3 is 0 Å². The molecular weight excluding hydrogens is 160 g/mol. The molecule has 0 saturated carbocycles. The number of nitrogens with two attached hydrogens (primary N) is 1. The van der Waals surface area contributed by atoms with E-state index in [9.17, 15) is 0 Å². The summed E-state index contributed by atoms with van der Waals surface area (Å²) >= 11 is 0. The Morgan fingerprint density at radius 1 is 1.23 bits per heavy atom. The maximum absolute atomic E-state index is 5.82. The molecule has 80 valence electrons. The first-order chi connectivity index (χ1) is 6.10. The standard InChI is InChI=1S/C11H26N2/c1-5-7-9-13(4)11(3,10-12)8-6-2/h5-10,12H2,1-4H3. The van der Waals surface area contributed by atoms with Crippen molar-refractivity contribution >= 4 is 0 Å². The molecule has 0 aliphatic carbocycles. The van der Waals surface area contributed by atoms with Gasteiger partial charge in [0.05, 0.1) is 0 Å². The van der Waals surface area contributed by atoms with Gasteiger partial charge in [-0.3, -0.25) is 4.90 Å². The van der Waals surface area contributed by atoms with Crippen molar-refractivity contribution in [3.05, 3.63) is 0 Å². The Kier molecular flexibility index (Phi) is 6.35. The smallest absolute Gasteiger partial charge is 0.0300 e. The summed E-state index contributed by atoms with van der Waals surface area (Å²) in [5, 5.41) is 0. The third-order valence-electron chi connectivity index (χ3n) is 3.00. The Morgan fingerprint density at radius 3 is 2.23 bits per heavy atom. The molecule has 0 saturated heterocycles. The van der Waals surface area contributed by atoms with Crippen LogP contribution in [0.25, 0.3) is 0 Å². The summed E-state index contributed by atoms with van der Waals surface area (Å²) in [6.45, 7) is 8.66. The lowest BCUT2D eigenvalue weighted by Crippen LogP contribution is -2.49. The Labute approximate surface area is 83.5 Å². The number of rotatable bonds is 7. The fourth-order valence-electron chi connectivity index (χ4n) is 1.65. The second-order valence-electron chi connectivity index (χ2n) is 4.23. The fraction of sp³-hybridized carbons (Fsp3) is 1.00. The van der Waals surface area contributed by atoms with E-state index >= 15 is 0 Å². The first kappa shape index (κ1) is 12.9. The van der Waals surface area contributed by atoms with Crippen molar-refractivity contribution < 1.29 is 0 Å². The first-order valence-corrected chi connectivity index (χ1v) is 5.52. The minimum absolute atomic E-state index is 0.212. The molecule has 0 heterocycles. The largest absolute Gasteiger partial charge is 0.329 e. The van der Waals surface area contributed by atoms with Gasteiger partial charge in [-0.05, 0) is 33.4 Å². The van der Waals surface area contributed by atoms with Crippen LogP contribution in [0.2, 0.25) is 0 Å². The van der Waals surface area contributed by atoms with E-state index in [1.807, 2.05) is 0 Å². The molecule has 0 aromatic heterocycles. The first-order valence-electron chi connectivity index (χ1n) is 5.52. The van der Waals surface area contributed by atoms with Gasteiger partial charge in [-0.1, -0.05) is 26.7 Å². The molecule has 0 bridgehead atoms. The molecule has 0 rings (SSSR count). The van der Waals surface area contributed by atoms with Crippen molar-refractivity contribution in [1.29, 1.82) is 0 Å². The molecule has 1 unspecified atom stereocenters. The summed E-state index contributed by atoms with van der Waals surface area (Å²) in [6, 6.07) is 0. The van der Waals surface area contributed by atoms with Crippen molar-refractivity contribution in [2.24, 2.45) is 5.73 Å². The predicted molar refractivity (Wildman–Crippen MR) is 59.9 cm³/mol. The van der Waals surface area contributed by atoms with Gasteiger partial charge in [-0.25, -0.2) is 0 Å². The summed E-state index contributed by atoms with van der Waals surface area (Å²) in [5.74, 6) is 0. The number of unbranched alkanes of at least 4 members (excludes halogenated alkanes) is 1. The molecule has 0 aromatic carbocycles. The minimum atomic E-state index is 0.212. The van der Waals surface area contributed by atoms with E-state index < -0.39 is 0 Å². The highest BCUT2D eigenvalue weighted by Crippen LogP contribution is 2.18. The van der Waals surface area contributed by atoms with Crippen LogP contribution in [0.1, 0.15) is 46.5 Å². The van der Waals surface area contributed by atoms with Crippen LogP contribution in [-0.4, -0.2) is 30.6 Å². The van der Waals surface area contributed by atoms with Crippen LogP contribution in [-0.2, 0) is 0 Å². The Balaban J connectivity index is 4.03. The van der Waals surface area contributed by atoms with Crippen molar-refractivity contribution in [1.82, 2.24) is 4.90 Å². The van der Waals surface area contributed by atoms with Crippen LogP contribution in [0.4, 0.5) is 0 Å². The van der Waals surface area contributed by atoms with Gasteiger partial charge in [-0.15, -0.1) is 0 Å². The second kappa shape index (κ2) is 6.39. The highest BCUT2D eigenvalue weighted by Gasteiger charge is 2.25. The number of hydrogen-bond donors (Lipinski definition) is 1. The summed E-state index contributed by atoms with van der Waals surface area (Å²) in [5.41, 5.74) is 6.04. The van der Waals surface area contributed by atoms with E-state index in [1.165, 1.54) is 32.2 Å². The topological polar surface area (TPSA) is 29.3 Å². The van der Waals surface area contributed by atoms with Gasteiger partial charge in [0.2, 0.25) is 0 Å². The molecule has 0 amide bonds. The highest BCUT2D eigenvalue weighted by atomic mass is 15.2. The van der Waals surface area contributed by atoms with Gasteiger partial charge < -0.3 is 5.73 Å². The van der Waals surface area contributed by atoms with E-state index in [0.717, 1.165) is 6.54 Å². The van der Waals surface area contributed by atoms with Gasteiger partial charge in [-0.2, -0.15) is 0 Å². The molecule has 0 aromatic rings. The van der Waals surface area contributed by atoms with Crippen molar-refractivity contribution in [3.63, 3.8) is 0 Å². The molecule has 2 N–H and O–H groups in total. The highest BCUT2D eigenvalue weighted by molar-refractivity contribution is 4.84. The summed E-state index contributed by atoms with van der Waals surface area (Å²) in [7, 11) is 2.19. The van der Waals surface area contributed by atoms with Crippen LogP contribution in [0.15, 0.2) is 0 Å². The molecule has 0 aliphatic rings. The number of likely N-dealkylation sites (N-methyl/N-ethyl adjacent to an activating group) is 1. The number of nitrogens with zero attached hydrogens (tertiary/aromatic N) is 1. The van der Waals surface area contributed by atoms with Crippen molar-refractivity contribution in [2.45, 2.75) is 52.0 Å². The Bertz CT molecular complexity index is 125. The zero-order valence-corrected chi connectivity index (χ0v) is 9.77. The fourth-order valence-corrected chi connectivity index (χ4v) is 1.65. The maximum atomic E-state index is 5.82. The van der Waals surface area contributed by atoms with Crippen LogP contribution >= 0.6 is 0 Å². The van der Waals surface area contributed by atoms with Gasteiger partial charge in [0, 0.05) is 12.1 Å². The van der Waals surface area contributed by atoms with E-state index in [1.54, 1.807) is 0 Å². The summed E-state index contributed by atoms with van der Waals surface area (Å²) in [4.78, 5) is 2.42. The third kappa shape index (κ3) is 4.10. The van der Waals surface area contributed by atoms with Gasteiger partial charge in [0.25, 0.3) is 0 Å². The minimum Gasteiger partial charge on any atom is -0.329 e. The zero-order chi connectivity index (χ0) is 10.3. The van der Waals surface area contributed by atoms with Crippen molar-refractivity contribution in [3.8, 4) is 0 Å². The molecular formula is C11H26N2. The molecule has 0 aliphatic heterocycles. The van der Waals surface area contributed by atoms with Crippen LogP contribution in [0, 0.1) is 0 Å². The van der Waals surface area contributed by atoms with E-state index in [4.69, 9.17) is 5.73 Å². The summed E-state index contributed by atoms with van der Waals surface area (Å²) < 4.78 is 0. The lowest BCUT2D eigenvalue weighted by molar-refractivity contribution is 0.131. The lowest BCUT2D eigenvalue weighted by Gasteiger charge is -2.38. The van der Waals surface area contributed by atoms with E-state index in [2.05, 4.69) is 32.7 Å². The van der Waals surface area contributed by atoms with E-state index in [-0.39, 0.29) is 5.54 Å². The normalized spacial score (nSPS) is 16.2. The van der Waals surface area contributed by atoms with Crippen molar-refractivity contribution in [2.75, 3.05) is 20.1 Å². The molecule has 13 heavy (non-hydrogen) atoms. The summed E-state index contributed by atoms with van der Waals surface area (Å²) in [6.07, 6.45) is 4.95. The van der Waals surface area contributed by atoms with Gasteiger partial charge in [0.1, 0.15) is 0 Å². The third-order valence-corrected chi connectivity index (χ3v) is 3.00. The molecule has 2 heteroatoms. The predicted octanol–water partition coefficient (Wildman–Crippen LogP) is 2.24. The molecule has 0 radical (unpaired) electrons. The quantitative estimate of drug-likeness (QED) is 0.660. The van der Waals surface area contributed by atoms with Crippen LogP contribution < -0.4 is 5.73 Å². The zero-order valence-electron chi connectivity index (χ0n) is 9.77.